The molecule has 0 heterocycles. The minimum Gasteiger partial charge on any atom is -0.478 e. The normalized spacial score (nSPS) is 18.5. The molecule has 0 aromatic heterocycles. The zero-order valence-corrected chi connectivity index (χ0v) is 7.88. The van der Waals surface area contributed by atoms with Crippen LogP contribution in [0.1, 0.15) is 32.1 Å². The lowest BCUT2D eigenvalue weighted by Gasteiger charge is -2.22. The lowest BCUT2D eigenvalue weighted by atomic mass is 9.95. The molecule has 1 aliphatic carbocycles. The highest BCUT2D eigenvalue weighted by atomic mass is 16.4. The third-order valence-electron chi connectivity index (χ3n) is 2.51. The van der Waals surface area contributed by atoms with Crippen molar-refractivity contribution < 1.29 is 9.90 Å². The SMILES string of the molecule is C=C(CNC1CCCCC1)C(=O)O. The Hall–Kier alpha value is -0.830. The molecule has 0 spiro atoms. The fourth-order valence-corrected chi connectivity index (χ4v) is 1.65. The average molecular weight is 183 g/mol. The van der Waals surface area contributed by atoms with Crippen molar-refractivity contribution in [1.29, 1.82) is 0 Å². The maximum Gasteiger partial charge on any atom is 0.332 e. The third-order valence-corrected chi connectivity index (χ3v) is 2.51. The Morgan fingerprint density at radius 3 is 2.54 bits per heavy atom. The van der Waals surface area contributed by atoms with Crippen LogP contribution in [0.3, 0.4) is 0 Å². The van der Waals surface area contributed by atoms with Crippen LogP contribution in [-0.2, 0) is 4.79 Å². The van der Waals surface area contributed by atoms with Crippen molar-refractivity contribution in [2.45, 2.75) is 38.1 Å². The molecule has 0 aliphatic heterocycles. The molecule has 1 fully saturated rings. The molecule has 13 heavy (non-hydrogen) atoms. The number of carboxylic acid groups (broad SMARTS) is 1. The fourth-order valence-electron chi connectivity index (χ4n) is 1.65. The Bertz CT molecular complexity index is 195. The van der Waals surface area contributed by atoms with Gasteiger partial charge in [-0.05, 0) is 12.8 Å². The first-order chi connectivity index (χ1) is 6.20. The predicted octanol–water partition coefficient (Wildman–Crippen LogP) is 1.55. The van der Waals surface area contributed by atoms with Crippen LogP contribution in [0.2, 0.25) is 0 Å². The van der Waals surface area contributed by atoms with Crippen LogP contribution in [0, 0.1) is 0 Å². The molecular weight excluding hydrogens is 166 g/mol. The van der Waals surface area contributed by atoms with Crippen LogP contribution in [-0.4, -0.2) is 23.7 Å². The van der Waals surface area contributed by atoms with E-state index in [9.17, 15) is 4.79 Å². The molecule has 0 bridgehead atoms. The second kappa shape index (κ2) is 5.02. The fraction of sp³-hybridized carbons (Fsp3) is 0.700. The zero-order valence-electron chi connectivity index (χ0n) is 7.88. The summed E-state index contributed by atoms with van der Waals surface area (Å²) < 4.78 is 0. The molecule has 0 radical (unpaired) electrons. The number of nitrogens with one attached hydrogen (secondary N) is 1. The van der Waals surface area contributed by atoms with E-state index in [0.717, 1.165) is 0 Å². The van der Waals surface area contributed by atoms with E-state index >= 15 is 0 Å². The molecular formula is C10H17NO2. The molecule has 0 unspecified atom stereocenters. The molecule has 3 heteroatoms. The summed E-state index contributed by atoms with van der Waals surface area (Å²) in [6.07, 6.45) is 6.19. The maximum absolute atomic E-state index is 10.4. The van der Waals surface area contributed by atoms with E-state index in [-0.39, 0.29) is 5.57 Å². The summed E-state index contributed by atoms with van der Waals surface area (Å²) >= 11 is 0. The number of hydrogen-bond acceptors (Lipinski definition) is 2. The monoisotopic (exact) mass is 183 g/mol. The summed E-state index contributed by atoms with van der Waals surface area (Å²) in [5, 5.41) is 11.8. The molecule has 0 amide bonds. The highest BCUT2D eigenvalue weighted by Crippen LogP contribution is 2.17. The largest absolute Gasteiger partial charge is 0.478 e. The summed E-state index contributed by atoms with van der Waals surface area (Å²) in [6, 6.07) is 0.504. The van der Waals surface area contributed by atoms with Gasteiger partial charge in [-0.1, -0.05) is 25.8 Å². The van der Waals surface area contributed by atoms with E-state index in [1.54, 1.807) is 0 Å². The van der Waals surface area contributed by atoms with Crippen molar-refractivity contribution >= 4 is 5.97 Å². The maximum atomic E-state index is 10.4. The molecule has 2 N–H and O–H groups in total. The van der Waals surface area contributed by atoms with Crippen molar-refractivity contribution in [3.8, 4) is 0 Å². The quantitative estimate of drug-likeness (QED) is 0.650. The summed E-state index contributed by atoms with van der Waals surface area (Å²) in [7, 11) is 0. The first kappa shape index (κ1) is 10.3. The zero-order chi connectivity index (χ0) is 9.68. The molecule has 0 aromatic carbocycles. The van der Waals surface area contributed by atoms with Crippen LogP contribution < -0.4 is 5.32 Å². The lowest BCUT2D eigenvalue weighted by molar-refractivity contribution is -0.132. The molecule has 0 aromatic rings. The molecule has 3 nitrogen and oxygen atoms in total. The minimum atomic E-state index is -0.900. The topological polar surface area (TPSA) is 49.3 Å². The number of hydrogen-bond donors (Lipinski definition) is 2. The van der Waals surface area contributed by atoms with Gasteiger partial charge < -0.3 is 10.4 Å². The Balaban J connectivity index is 2.17. The average Bonchev–Trinajstić information content (AvgIpc) is 2.15. The summed E-state index contributed by atoms with van der Waals surface area (Å²) in [5.41, 5.74) is 0.255. The minimum absolute atomic E-state index is 0.255. The molecule has 1 saturated carbocycles. The van der Waals surface area contributed by atoms with Gasteiger partial charge >= 0.3 is 5.97 Å². The van der Waals surface area contributed by atoms with E-state index < -0.39 is 5.97 Å². The van der Waals surface area contributed by atoms with Crippen LogP contribution in [0.5, 0.6) is 0 Å². The molecule has 0 atom stereocenters. The highest BCUT2D eigenvalue weighted by molar-refractivity contribution is 5.86. The van der Waals surface area contributed by atoms with Gasteiger partial charge in [0.1, 0.15) is 0 Å². The molecule has 1 aliphatic rings. The molecule has 74 valence electrons. The Morgan fingerprint density at radius 2 is 2.00 bits per heavy atom. The van der Waals surface area contributed by atoms with Crippen LogP contribution >= 0.6 is 0 Å². The lowest BCUT2D eigenvalue weighted by Crippen LogP contribution is -2.33. The van der Waals surface area contributed by atoms with Crippen molar-refractivity contribution in [2.24, 2.45) is 0 Å². The van der Waals surface area contributed by atoms with Crippen LogP contribution in [0.25, 0.3) is 0 Å². The van der Waals surface area contributed by atoms with Gasteiger partial charge in [-0.3, -0.25) is 0 Å². The highest BCUT2D eigenvalue weighted by Gasteiger charge is 2.13. The van der Waals surface area contributed by atoms with E-state index in [4.69, 9.17) is 5.11 Å². The summed E-state index contributed by atoms with van der Waals surface area (Å²) in [6.45, 7) is 3.89. The number of carboxylic acids is 1. The Morgan fingerprint density at radius 1 is 1.38 bits per heavy atom. The van der Waals surface area contributed by atoms with Crippen molar-refractivity contribution in [1.82, 2.24) is 5.32 Å². The second-order valence-electron chi connectivity index (χ2n) is 3.62. The van der Waals surface area contributed by atoms with Crippen LogP contribution in [0.4, 0.5) is 0 Å². The van der Waals surface area contributed by atoms with Gasteiger partial charge in [-0.2, -0.15) is 0 Å². The number of carbonyl (C=O) groups is 1. The standard InChI is InChI=1S/C10H17NO2/c1-8(10(12)13)7-11-9-5-3-2-4-6-9/h9,11H,1-7H2,(H,12,13). The first-order valence-corrected chi connectivity index (χ1v) is 4.84. The van der Waals surface area contributed by atoms with Gasteiger partial charge in [0.25, 0.3) is 0 Å². The third kappa shape index (κ3) is 3.59. The van der Waals surface area contributed by atoms with Crippen molar-refractivity contribution in [3.63, 3.8) is 0 Å². The van der Waals surface area contributed by atoms with Crippen molar-refractivity contribution in [3.05, 3.63) is 12.2 Å². The Kier molecular flexibility index (Phi) is 3.96. The predicted molar refractivity (Wildman–Crippen MR) is 51.7 cm³/mol. The molecule has 1 rings (SSSR count). The summed E-state index contributed by atoms with van der Waals surface area (Å²) in [5.74, 6) is -0.900. The van der Waals surface area contributed by atoms with E-state index in [2.05, 4.69) is 11.9 Å². The summed E-state index contributed by atoms with van der Waals surface area (Å²) in [4.78, 5) is 10.4. The van der Waals surface area contributed by atoms with E-state index in [1.807, 2.05) is 0 Å². The Labute approximate surface area is 78.8 Å². The van der Waals surface area contributed by atoms with Gasteiger partial charge in [0.05, 0.1) is 0 Å². The molecule has 0 saturated heterocycles. The van der Waals surface area contributed by atoms with Crippen LogP contribution in [0.15, 0.2) is 12.2 Å². The van der Waals surface area contributed by atoms with Gasteiger partial charge in [0, 0.05) is 18.2 Å². The number of aliphatic carboxylic acids is 1. The van der Waals surface area contributed by atoms with Gasteiger partial charge in [0.15, 0.2) is 0 Å². The van der Waals surface area contributed by atoms with Crippen molar-refractivity contribution in [2.75, 3.05) is 6.54 Å². The smallest absolute Gasteiger partial charge is 0.332 e. The first-order valence-electron chi connectivity index (χ1n) is 4.84. The van der Waals surface area contributed by atoms with E-state index in [1.165, 1.54) is 32.1 Å². The second-order valence-corrected chi connectivity index (χ2v) is 3.62. The van der Waals surface area contributed by atoms with Gasteiger partial charge in [-0.15, -0.1) is 0 Å². The van der Waals surface area contributed by atoms with Gasteiger partial charge in [0.2, 0.25) is 0 Å². The van der Waals surface area contributed by atoms with E-state index in [0.29, 0.717) is 12.6 Å². The number of rotatable bonds is 4. The van der Waals surface area contributed by atoms with Gasteiger partial charge in [-0.25, -0.2) is 4.79 Å².